The standard InChI is InChI=1S/C23H29N7/c1-3-28(4-2)20-7-5-19(6-8-20)26-22-11-14-25-23(27-22)30-17-15-29(16-18-30)21-9-12-24-13-10-21/h5-14H,3-4,15-18H2,1-2H3,(H,25,26,27). The Morgan fingerprint density at radius 3 is 2.17 bits per heavy atom. The summed E-state index contributed by atoms with van der Waals surface area (Å²) in [5.74, 6) is 1.58. The Morgan fingerprint density at radius 2 is 1.50 bits per heavy atom. The zero-order valence-electron chi connectivity index (χ0n) is 17.7. The van der Waals surface area contributed by atoms with Crippen molar-refractivity contribution >= 4 is 28.8 Å². The van der Waals surface area contributed by atoms with Gasteiger partial charge in [-0.2, -0.15) is 4.98 Å². The van der Waals surface area contributed by atoms with Crippen LogP contribution in [0.4, 0.5) is 28.8 Å². The maximum Gasteiger partial charge on any atom is 0.227 e. The maximum atomic E-state index is 4.74. The van der Waals surface area contributed by atoms with E-state index in [4.69, 9.17) is 4.98 Å². The van der Waals surface area contributed by atoms with Gasteiger partial charge in [0, 0.05) is 74.9 Å². The molecule has 1 N–H and O–H groups in total. The lowest BCUT2D eigenvalue weighted by molar-refractivity contribution is 0.640. The molecule has 4 rings (SSSR count). The van der Waals surface area contributed by atoms with E-state index in [1.165, 1.54) is 11.4 Å². The number of piperazine rings is 1. The van der Waals surface area contributed by atoms with E-state index in [0.29, 0.717) is 0 Å². The van der Waals surface area contributed by atoms with Crippen molar-refractivity contribution in [3.63, 3.8) is 0 Å². The Labute approximate surface area is 178 Å². The molecule has 30 heavy (non-hydrogen) atoms. The van der Waals surface area contributed by atoms with Gasteiger partial charge in [-0.1, -0.05) is 0 Å². The highest BCUT2D eigenvalue weighted by Crippen LogP contribution is 2.22. The first kappa shape index (κ1) is 19.9. The number of nitrogens with zero attached hydrogens (tertiary/aromatic N) is 6. The predicted molar refractivity (Wildman–Crippen MR) is 124 cm³/mol. The number of hydrogen-bond acceptors (Lipinski definition) is 7. The predicted octanol–water partition coefficient (Wildman–Crippen LogP) is 3.79. The fourth-order valence-electron chi connectivity index (χ4n) is 3.78. The van der Waals surface area contributed by atoms with Crippen LogP contribution in [-0.4, -0.2) is 54.2 Å². The van der Waals surface area contributed by atoms with Gasteiger partial charge in [0.1, 0.15) is 5.82 Å². The molecular formula is C23H29N7. The lowest BCUT2D eigenvalue weighted by Gasteiger charge is -2.36. The van der Waals surface area contributed by atoms with E-state index >= 15 is 0 Å². The van der Waals surface area contributed by atoms with Crippen LogP contribution in [-0.2, 0) is 0 Å². The number of anilines is 5. The summed E-state index contributed by atoms with van der Waals surface area (Å²) in [4.78, 5) is 20.3. The van der Waals surface area contributed by atoms with E-state index in [0.717, 1.165) is 56.7 Å². The third kappa shape index (κ3) is 4.62. The van der Waals surface area contributed by atoms with Crippen molar-refractivity contribution in [2.45, 2.75) is 13.8 Å². The first-order chi connectivity index (χ1) is 14.8. The van der Waals surface area contributed by atoms with Crippen LogP contribution in [0.15, 0.2) is 61.1 Å². The summed E-state index contributed by atoms with van der Waals surface area (Å²) < 4.78 is 0. The molecular weight excluding hydrogens is 374 g/mol. The first-order valence-electron chi connectivity index (χ1n) is 10.6. The minimum absolute atomic E-state index is 0.772. The van der Waals surface area contributed by atoms with Gasteiger partial charge in [0.25, 0.3) is 0 Å². The van der Waals surface area contributed by atoms with E-state index in [2.05, 4.69) is 80.2 Å². The van der Waals surface area contributed by atoms with E-state index < -0.39 is 0 Å². The minimum Gasteiger partial charge on any atom is -0.372 e. The number of pyridine rings is 1. The van der Waals surface area contributed by atoms with Crippen molar-refractivity contribution < 1.29 is 0 Å². The van der Waals surface area contributed by atoms with Gasteiger partial charge in [0.15, 0.2) is 0 Å². The van der Waals surface area contributed by atoms with Crippen LogP contribution >= 0.6 is 0 Å². The smallest absolute Gasteiger partial charge is 0.227 e. The third-order valence-corrected chi connectivity index (χ3v) is 5.50. The number of aromatic nitrogens is 3. The highest BCUT2D eigenvalue weighted by molar-refractivity contribution is 5.61. The molecule has 0 unspecified atom stereocenters. The molecule has 0 spiro atoms. The Hall–Kier alpha value is -3.35. The Balaban J connectivity index is 1.39. The van der Waals surface area contributed by atoms with Gasteiger partial charge in [-0.05, 0) is 56.3 Å². The lowest BCUT2D eigenvalue weighted by atomic mass is 10.2. The van der Waals surface area contributed by atoms with Crippen molar-refractivity contribution in [2.24, 2.45) is 0 Å². The molecule has 7 nitrogen and oxygen atoms in total. The topological polar surface area (TPSA) is 60.4 Å². The van der Waals surface area contributed by atoms with Crippen molar-refractivity contribution in [1.82, 2.24) is 15.0 Å². The minimum atomic E-state index is 0.772. The van der Waals surface area contributed by atoms with Crippen molar-refractivity contribution in [3.8, 4) is 0 Å². The Kier molecular flexibility index (Phi) is 6.27. The molecule has 1 saturated heterocycles. The van der Waals surface area contributed by atoms with Gasteiger partial charge in [-0.15, -0.1) is 0 Å². The molecule has 1 aromatic carbocycles. The average Bonchev–Trinajstić information content (AvgIpc) is 2.82. The molecule has 7 heteroatoms. The summed E-state index contributed by atoms with van der Waals surface area (Å²) >= 11 is 0. The fourth-order valence-corrected chi connectivity index (χ4v) is 3.78. The number of benzene rings is 1. The molecule has 1 aliphatic heterocycles. The Bertz CT molecular complexity index is 918. The zero-order chi connectivity index (χ0) is 20.8. The fraction of sp³-hybridized carbons (Fsp3) is 0.348. The highest BCUT2D eigenvalue weighted by atomic mass is 15.3. The molecule has 0 radical (unpaired) electrons. The van der Waals surface area contributed by atoms with Crippen LogP contribution in [0, 0.1) is 0 Å². The summed E-state index contributed by atoms with van der Waals surface area (Å²) in [7, 11) is 0. The largest absolute Gasteiger partial charge is 0.372 e. The van der Waals surface area contributed by atoms with E-state index in [1.54, 1.807) is 0 Å². The van der Waals surface area contributed by atoms with Gasteiger partial charge in [0.05, 0.1) is 0 Å². The molecule has 3 heterocycles. The van der Waals surface area contributed by atoms with Crippen LogP contribution in [0.1, 0.15) is 13.8 Å². The van der Waals surface area contributed by atoms with Crippen LogP contribution in [0.3, 0.4) is 0 Å². The first-order valence-corrected chi connectivity index (χ1v) is 10.6. The van der Waals surface area contributed by atoms with Crippen molar-refractivity contribution in [2.75, 3.05) is 59.3 Å². The van der Waals surface area contributed by atoms with Gasteiger partial charge >= 0.3 is 0 Å². The highest BCUT2D eigenvalue weighted by Gasteiger charge is 2.19. The summed E-state index contributed by atoms with van der Waals surface area (Å²) in [6.45, 7) is 10.0. The zero-order valence-corrected chi connectivity index (χ0v) is 17.7. The summed E-state index contributed by atoms with van der Waals surface area (Å²) in [5, 5.41) is 3.41. The van der Waals surface area contributed by atoms with Crippen LogP contribution in [0.2, 0.25) is 0 Å². The van der Waals surface area contributed by atoms with Crippen LogP contribution < -0.4 is 20.0 Å². The molecule has 3 aromatic rings. The van der Waals surface area contributed by atoms with E-state index in [9.17, 15) is 0 Å². The molecule has 1 fully saturated rings. The van der Waals surface area contributed by atoms with Gasteiger partial charge in [-0.3, -0.25) is 4.98 Å². The molecule has 0 bridgehead atoms. The number of nitrogens with one attached hydrogen (secondary N) is 1. The lowest BCUT2D eigenvalue weighted by Crippen LogP contribution is -2.47. The van der Waals surface area contributed by atoms with Crippen molar-refractivity contribution in [1.29, 1.82) is 0 Å². The second kappa shape index (κ2) is 9.43. The quantitative estimate of drug-likeness (QED) is 0.644. The third-order valence-electron chi connectivity index (χ3n) is 5.50. The Morgan fingerprint density at radius 1 is 0.833 bits per heavy atom. The SMILES string of the molecule is CCN(CC)c1ccc(Nc2ccnc(N3CCN(c4ccncc4)CC3)n2)cc1. The number of hydrogen-bond donors (Lipinski definition) is 1. The number of rotatable bonds is 7. The van der Waals surface area contributed by atoms with Gasteiger partial charge in [0.2, 0.25) is 5.95 Å². The molecule has 2 aromatic heterocycles. The monoisotopic (exact) mass is 403 g/mol. The second-order valence-electron chi connectivity index (χ2n) is 7.27. The molecule has 0 amide bonds. The van der Waals surface area contributed by atoms with E-state index in [1.807, 2.05) is 24.7 Å². The van der Waals surface area contributed by atoms with E-state index in [-0.39, 0.29) is 0 Å². The maximum absolute atomic E-state index is 4.74. The van der Waals surface area contributed by atoms with Crippen molar-refractivity contribution in [3.05, 3.63) is 61.1 Å². The summed E-state index contributed by atoms with van der Waals surface area (Å²) in [5.41, 5.74) is 3.48. The summed E-state index contributed by atoms with van der Waals surface area (Å²) in [6.07, 6.45) is 5.51. The van der Waals surface area contributed by atoms with Crippen LogP contribution in [0.5, 0.6) is 0 Å². The van der Waals surface area contributed by atoms with Gasteiger partial charge < -0.3 is 20.0 Å². The normalized spacial score (nSPS) is 13.9. The van der Waals surface area contributed by atoms with Gasteiger partial charge in [-0.25, -0.2) is 4.98 Å². The molecule has 0 saturated carbocycles. The summed E-state index contributed by atoms with van der Waals surface area (Å²) in [6, 6.07) is 14.5. The molecule has 156 valence electrons. The molecule has 0 atom stereocenters. The van der Waals surface area contributed by atoms with Crippen LogP contribution in [0.25, 0.3) is 0 Å². The second-order valence-corrected chi connectivity index (χ2v) is 7.27. The molecule has 0 aliphatic carbocycles. The molecule has 1 aliphatic rings. The average molecular weight is 404 g/mol.